The minimum absolute atomic E-state index is 0.181. The van der Waals surface area contributed by atoms with Gasteiger partial charge in [-0.15, -0.1) is 0 Å². The molecule has 1 aliphatic heterocycles. The van der Waals surface area contributed by atoms with Crippen molar-refractivity contribution in [2.24, 2.45) is 0 Å². The minimum Gasteiger partial charge on any atom is -0.342 e. The molecule has 1 atom stereocenters. The number of hydrogen-bond acceptors (Lipinski definition) is 3. The summed E-state index contributed by atoms with van der Waals surface area (Å²) in [7, 11) is 0. The van der Waals surface area contributed by atoms with Crippen molar-refractivity contribution in [2.45, 2.75) is 12.3 Å². The van der Waals surface area contributed by atoms with Gasteiger partial charge in [-0.25, -0.2) is 9.78 Å². The van der Waals surface area contributed by atoms with E-state index in [9.17, 15) is 4.79 Å². The van der Waals surface area contributed by atoms with Crippen molar-refractivity contribution < 1.29 is 0 Å². The van der Waals surface area contributed by atoms with Gasteiger partial charge in [0.15, 0.2) is 0 Å². The Hall–Kier alpha value is -2.34. The minimum atomic E-state index is -0.181. The number of aromatic nitrogens is 4. The topological polar surface area (TPSA) is 89.4 Å². The van der Waals surface area contributed by atoms with E-state index in [1.807, 2.05) is 24.4 Å². The third-order valence-electron chi connectivity index (χ3n) is 3.87. The van der Waals surface area contributed by atoms with E-state index in [0.29, 0.717) is 5.92 Å². The molecule has 3 aromatic rings. The van der Waals surface area contributed by atoms with Gasteiger partial charge in [-0.2, -0.15) is 0 Å². The number of fused-ring (bicyclic) bond motifs is 1. The highest BCUT2D eigenvalue weighted by atomic mass is 16.1. The van der Waals surface area contributed by atoms with Crippen molar-refractivity contribution in [3.63, 3.8) is 0 Å². The van der Waals surface area contributed by atoms with Crippen molar-refractivity contribution in [1.29, 1.82) is 0 Å². The summed E-state index contributed by atoms with van der Waals surface area (Å²) < 4.78 is 0. The first-order chi connectivity index (χ1) is 9.79. The Bertz CT molecular complexity index is 806. The molecular formula is C14H15N5O. The zero-order valence-electron chi connectivity index (χ0n) is 10.9. The average Bonchev–Trinajstić information content (AvgIpc) is 3.17. The molecule has 1 fully saturated rings. The monoisotopic (exact) mass is 269 g/mol. The number of nitrogens with one attached hydrogen (secondary N) is 4. The van der Waals surface area contributed by atoms with Gasteiger partial charge < -0.3 is 20.3 Å². The van der Waals surface area contributed by atoms with Crippen LogP contribution in [0.15, 0.2) is 29.2 Å². The second-order valence-corrected chi connectivity index (χ2v) is 5.21. The number of imidazole rings is 2. The van der Waals surface area contributed by atoms with E-state index in [2.05, 4.69) is 25.3 Å². The Labute approximate surface area is 114 Å². The lowest BCUT2D eigenvalue weighted by molar-refractivity contribution is 0.715. The molecule has 0 amide bonds. The van der Waals surface area contributed by atoms with Gasteiger partial charge >= 0.3 is 5.69 Å². The number of H-pyrrole nitrogens is 3. The highest BCUT2D eigenvalue weighted by Crippen LogP contribution is 2.25. The summed E-state index contributed by atoms with van der Waals surface area (Å²) in [5.74, 6) is 1.51. The maximum atomic E-state index is 11.3. The van der Waals surface area contributed by atoms with Crippen LogP contribution >= 0.6 is 0 Å². The molecule has 6 heteroatoms. The molecule has 6 nitrogen and oxygen atoms in total. The Morgan fingerprint density at radius 3 is 2.90 bits per heavy atom. The van der Waals surface area contributed by atoms with E-state index >= 15 is 0 Å². The SMILES string of the molecule is O=c1[nH]c2ccc(-c3cnc(C4CCNC4)[nH]3)cc2[nH]1. The standard InChI is InChI=1S/C14H15N5O/c20-14-18-10-2-1-8(5-11(10)19-14)12-7-16-13(17-12)9-3-4-15-6-9/h1-2,5,7,9,15H,3-4,6H2,(H,16,17)(H2,18,19,20). The van der Waals surface area contributed by atoms with Gasteiger partial charge in [0.2, 0.25) is 0 Å². The first-order valence-corrected chi connectivity index (χ1v) is 6.77. The maximum Gasteiger partial charge on any atom is 0.323 e. The molecule has 0 radical (unpaired) electrons. The third kappa shape index (κ3) is 1.85. The van der Waals surface area contributed by atoms with E-state index in [-0.39, 0.29) is 5.69 Å². The van der Waals surface area contributed by atoms with Gasteiger partial charge in [0, 0.05) is 18.0 Å². The molecule has 4 rings (SSSR count). The summed E-state index contributed by atoms with van der Waals surface area (Å²) >= 11 is 0. The summed E-state index contributed by atoms with van der Waals surface area (Å²) in [4.78, 5) is 24.7. The zero-order valence-corrected chi connectivity index (χ0v) is 10.9. The molecular weight excluding hydrogens is 254 g/mol. The lowest BCUT2D eigenvalue weighted by Gasteiger charge is -2.03. The van der Waals surface area contributed by atoms with Crippen LogP contribution in [-0.2, 0) is 0 Å². The largest absolute Gasteiger partial charge is 0.342 e. The third-order valence-corrected chi connectivity index (χ3v) is 3.87. The molecule has 102 valence electrons. The summed E-state index contributed by atoms with van der Waals surface area (Å²) in [6, 6.07) is 5.84. The van der Waals surface area contributed by atoms with Crippen LogP contribution in [0, 0.1) is 0 Å². The van der Waals surface area contributed by atoms with Crippen LogP contribution in [0.5, 0.6) is 0 Å². The molecule has 2 aromatic heterocycles. The van der Waals surface area contributed by atoms with Crippen molar-refractivity contribution >= 4 is 11.0 Å². The van der Waals surface area contributed by atoms with Crippen LogP contribution in [0.4, 0.5) is 0 Å². The van der Waals surface area contributed by atoms with Gasteiger partial charge in [-0.05, 0) is 25.1 Å². The van der Waals surface area contributed by atoms with E-state index < -0.39 is 0 Å². The number of hydrogen-bond donors (Lipinski definition) is 4. The maximum absolute atomic E-state index is 11.3. The van der Waals surface area contributed by atoms with Crippen molar-refractivity contribution in [3.8, 4) is 11.3 Å². The molecule has 4 N–H and O–H groups in total. The van der Waals surface area contributed by atoms with Gasteiger partial charge in [0.05, 0.1) is 22.9 Å². The smallest absolute Gasteiger partial charge is 0.323 e. The van der Waals surface area contributed by atoms with Gasteiger partial charge in [-0.3, -0.25) is 0 Å². The molecule has 0 saturated carbocycles. The van der Waals surface area contributed by atoms with Gasteiger partial charge in [0.1, 0.15) is 5.82 Å². The summed E-state index contributed by atoms with van der Waals surface area (Å²) in [6.07, 6.45) is 2.98. The number of benzene rings is 1. The molecule has 0 aliphatic carbocycles. The predicted molar refractivity (Wildman–Crippen MR) is 76.7 cm³/mol. The second kappa shape index (κ2) is 4.35. The van der Waals surface area contributed by atoms with Crippen LogP contribution in [0.2, 0.25) is 0 Å². The zero-order chi connectivity index (χ0) is 13.5. The van der Waals surface area contributed by atoms with E-state index in [1.54, 1.807) is 0 Å². The predicted octanol–water partition coefficient (Wildman–Crippen LogP) is 1.32. The summed E-state index contributed by atoms with van der Waals surface area (Å²) in [5.41, 5.74) is 3.46. The normalized spacial score (nSPS) is 18.9. The highest BCUT2D eigenvalue weighted by Gasteiger charge is 2.19. The van der Waals surface area contributed by atoms with Crippen molar-refractivity contribution in [2.75, 3.05) is 13.1 Å². The second-order valence-electron chi connectivity index (χ2n) is 5.21. The van der Waals surface area contributed by atoms with Crippen LogP contribution < -0.4 is 11.0 Å². The van der Waals surface area contributed by atoms with E-state index in [1.165, 1.54) is 0 Å². The first kappa shape index (κ1) is 11.5. The average molecular weight is 269 g/mol. The molecule has 0 spiro atoms. The van der Waals surface area contributed by atoms with E-state index in [0.717, 1.165) is 47.6 Å². The Balaban J connectivity index is 1.72. The van der Waals surface area contributed by atoms with Crippen LogP contribution in [-0.4, -0.2) is 33.0 Å². The Morgan fingerprint density at radius 2 is 2.05 bits per heavy atom. The molecule has 3 heterocycles. The van der Waals surface area contributed by atoms with Gasteiger partial charge in [-0.1, -0.05) is 6.07 Å². The van der Waals surface area contributed by atoms with Crippen LogP contribution in [0.1, 0.15) is 18.2 Å². The molecule has 0 bridgehead atoms. The van der Waals surface area contributed by atoms with Crippen molar-refractivity contribution in [3.05, 3.63) is 40.7 Å². The molecule has 20 heavy (non-hydrogen) atoms. The van der Waals surface area contributed by atoms with Crippen LogP contribution in [0.3, 0.4) is 0 Å². The number of nitrogens with zero attached hydrogens (tertiary/aromatic N) is 1. The Kier molecular flexibility index (Phi) is 2.50. The summed E-state index contributed by atoms with van der Waals surface area (Å²) in [6.45, 7) is 2.04. The fraction of sp³-hybridized carbons (Fsp3) is 0.286. The molecule has 1 unspecified atom stereocenters. The van der Waals surface area contributed by atoms with Crippen LogP contribution in [0.25, 0.3) is 22.3 Å². The lowest BCUT2D eigenvalue weighted by Crippen LogP contribution is -2.08. The fourth-order valence-corrected chi connectivity index (χ4v) is 2.78. The van der Waals surface area contributed by atoms with Crippen molar-refractivity contribution in [1.82, 2.24) is 25.3 Å². The molecule has 1 aromatic carbocycles. The quantitative estimate of drug-likeness (QED) is 0.565. The lowest BCUT2D eigenvalue weighted by atomic mass is 10.1. The number of rotatable bonds is 2. The van der Waals surface area contributed by atoms with Gasteiger partial charge in [0.25, 0.3) is 0 Å². The first-order valence-electron chi connectivity index (χ1n) is 6.77. The fourth-order valence-electron chi connectivity index (χ4n) is 2.78. The molecule has 1 aliphatic rings. The Morgan fingerprint density at radius 1 is 1.15 bits per heavy atom. The molecule has 1 saturated heterocycles. The van der Waals surface area contributed by atoms with E-state index in [4.69, 9.17) is 0 Å². The summed E-state index contributed by atoms with van der Waals surface area (Å²) in [5, 5.41) is 3.34. The highest BCUT2D eigenvalue weighted by molar-refractivity contribution is 5.80. The number of aromatic amines is 3.